The van der Waals surface area contributed by atoms with Crippen LogP contribution < -0.4 is 4.90 Å². The second-order valence-electron chi connectivity index (χ2n) is 3.98. The zero-order valence-corrected chi connectivity index (χ0v) is 10.2. The number of aryl methyl sites for hydroxylation is 1. The molecule has 0 atom stereocenters. The molecule has 0 radical (unpaired) electrons. The molecule has 0 N–H and O–H groups in total. The van der Waals surface area contributed by atoms with Gasteiger partial charge in [-0.25, -0.2) is 9.37 Å². The lowest BCUT2D eigenvalue weighted by Crippen LogP contribution is -2.13. The number of benzene rings is 1. The Balaban J connectivity index is 2.50. The van der Waals surface area contributed by atoms with Crippen molar-refractivity contribution in [1.29, 1.82) is 5.26 Å². The Morgan fingerprint density at radius 2 is 2.11 bits per heavy atom. The predicted octanol–water partition coefficient (Wildman–Crippen LogP) is 3.17. The Bertz CT molecular complexity index is 617. The van der Waals surface area contributed by atoms with Crippen molar-refractivity contribution in [3.05, 3.63) is 53.5 Å². The van der Waals surface area contributed by atoms with Gasteiger partial charge in [-0.3, -0.25) is 0 Å². The summed E-state index contributed by atoms with van der Waals surface area (Å²) in [4.78, 5) is 5.90. The zero-order valence-electron chi connectivity index (χ0n) is 10.2. The minimum Gasteiger partial charge on any atom is -0.328 e. The third-order valence-corrected chi connectivity index (χ3v) is 2.76. The lowest BCUT2D eigenvalue weighted by Gasteiger charge is -2.20. The Labute approximate surface area is 105 Å². The molecule has 0 aliphatic carbocycles. The molecule has 0 fully saturated rings. The van der Waals surface area contributed by atoms with E-state index < -0.39 is 0 Å². The number of nitrogens with zero attached hydrogens (tertiary/aromatic N) is 3. The van der Waals surface area contributed by atoms with Crippen molar-refractivity contribution in [2.75, 3.05) is 11.9 Å². The van der Waals surface area contributed by atoms with Crippen molar-refractivity contribution < 1.29 is 4.39 Å². The second kappa shape index (κ2) is 4.84. The van der Waals surface area contributed by atoms with Gasteiger partial charge in [0.25, 0.3) is 0 Å². The van der Waals surface area contributed by atoms with Crippen LogP contribution in [0.15, 0.2) is 36.5 Å². The number of anilines is 2. The molecule has 1 aromatic carbocycles. The number of nitriles is 1. The minimum atomic E-state index is -0.314. The molecule has 0 aliphatic rings. The van der Waals surface area contributed by atoms with E-state index >= 15 is 0 Å². The molecule has 0 unspecified atom stereocenters. The summed E-state index contributed by atoms with van der Waals surface area (Å²) < 4.78 is 13.2. The van der Waals surface area contributed by atoms with Crippen LogP contribution in [0.1, 0.15) is 11.1 Å². The van der Waals surface area contributed by atoms with Gasteiger partial charge in [-0.2, -0.15) is 5.26 Å². The molecule has 0 saturated heterocycles. The highest BCUT2D eigenvalue weighted by molar-refractivity contribution is 5.66. The van der Waals surface area contributed by atoms with Gasteiger partial charge in [0.1, 0.15) is 11.9 Å². The van der Waals surface area contributed by atoms with Crippen LogP contribution in [0.2, 0.25) is 0 Å². The quantitative estimate of drug-likeness (QED) is 0.810. The van der Waals surface area contributed by atoms with E-state index in [2.05, 4.69) is 11.1 Å². The van der Waals surface area contributed by atoms with Crippen molar-refractivity contribution in [2.24, 2.45) is 0 Å². The van der Waals surface area contributed by atoms with Crippen molar-refractivity contribution in [3.8, 4) is 6.07 Å². The molecule has 3 nitrogen and oxygen atoms in total. The Kier molecular flexibility index (Phi) is 3.24. The van der Waals surface area contributed by atoms with Crippen LogP contribution in [0, 0.1) is 24.1 Å². The lowest BCUT2D eigenvalue weighted by molar-refractivity contribution is 0.628. The van der Waals surface area contributed by atoms with Crippen molar-refractivity contribution in [3.63, 3.8) is 0 Å². The lowest BCUT2D eigenvalue weighted by atomic mass is 10.1. The highest BCUT2D eigenvalue weighted by Crippen LogP contribution is 2.26. The fourth-order valence-electron chi connectivity index (χ4n) is 1.74. The van der Waals surface area contributed by atoms with Crippen LogP contribution in [0.25, 0.3) is 0 Å². The van der Waals surface area contributed by atoms with Gasteiger partial charge in [-0.1, -0.05) is 6.07 Å². The van der Waals surface area contributed by atoms with E-state index in [9.17, 15) is 4.39 Å². The van der Waals surface area contributed by atoms with Crippen LogP contribution in [0.5, 0.6) is 0 Å². The van der Waals surface area contributed by atoms with Gasteiger partial charge in [-0.05, 0) is 36.8 Å². The third kappa shape index (κ3) is 2.16. The zero-order chi connectivity index (χ0) is 13.1. The molecule has 1 aromatic heterocycles. The summed E-state index contributed by atoms with van der Waals surface area (Å²) in [7, 11) is 1.76. The average molecular weight is 241 g/mol. The van der Waals surface area contributed by atoms with Gasteiger partial charge in [0.15, 0.2) is 5.82 Å². The predicted molar refractivity (Wildman–Crippen MR) is 68.2 cm³/mol. The number of hydrogen-bond acceptors (Lipinski definition) is 3. The summed E-state index contributed by atoms with van der Waals surface area (Å²) in [6.07, 6.45) is 1.64. The molecule has 0 bridgehead atoms. The largest absolute Gasteiger partial charge is 0.328 e. The molecule has 0 saturated carbocycles. The van der Waals surface area contributed by atoms with Crippen LogP contribution in [0.4, 0.5) is 15.9 Å². The van der Waals surface area contributed by atoms with Gasteiger partial charge in [0, 0.05) is 18.9 Å². The highest BCUT2D eigenvalue weighted by Gasteiger charge is 2.12. The van der Waals surface area contributed by atoms with Crippen LogP contribution in [-0.2, 0) is 0 Å². The molecular formula is C14H12FN3. The smallest absolute Gasteiger partial charge is 0.150 e. The summed E-state index contributed by atoms with van der Waals surface area (Å²) >= 11 is 0. The molecule has 90 valence electrons. The molecule has 1 heterocycles. The number of aromatic nitrogens is 1. The molecule has 2 rings (SSSR count). The van der Waals surface area contributed by atoms with Crippen LogP contribution >= 0.6 is 0 Å². The minimum absolute atomic E-state index is 0.314. The van der Waals surface area contributed by atoms with Gasteiger partial charge in [-0.15, -0.1) is 0 Å². The molecule has 2 aromatic rings. The first kappa shape index (κ1) is 12.1. The van der Waals surface area contributed by atoms with Crippen molar-refractivity contribution >= 4 is 11.5 Å². The molecule has 0 spiro atoms. The highest BCUT2D eigenvalue weighted by atomic mass is 19.1. The molecule has 0 amide bonds. The standard InChI is InChI=1S/C14H12FN3/c1-10-6-7-17-14(13(10)9-16)18(2)12-5-3-4-11(15)8-12/h3-8H,1-2H3. The Morgan fingerprint density at radius 1 is 1.33 bits per heavy atom. The van der Waals surface area contributed by atoms with Crippen molar-refractivity contribution in [1.82, 2.24) is 4.98 Å². The number of hydrogen-bond donors (Lipinski definition) is 0. The van der Waals surface area contributed by atoms with Crippen LogP contribution in [0.3, 0.4) is 0 Å². The fraction of sp³-hybridized carbons (Fsp3) is 0.143. The average Bonchev–Trinajstić information content (AvgIpc) is 2.37. The van der Waals surface area contributed by atoms with Crippen LogP contribution in [-0.4, -0.2) is 12.0 Å². The molecule has 0 aliphatic heterocycles. The van der Waals surface area contributed by atoms with Gasteiger partial charge in [0.05, 0.1) is 5.56 Å². The SMILES string of the molecule is Cc1ccnc(N(C)c2cccc(F)c2)c1C#N. The summed E-state index contributed by atoms with van der Waals surface area (Å²) in [5.74, 6) is 0.216. The Hall–Kier alpha value is -2.41. The molecular weight excluding hydrogens is 229 g/mol. The van der Waals surface area contributed by atoms with Gasteiger partial charge in [0.2, 0.25) is 0 Å². The normalized spacial score (nSPS) is 9.89. The third-order valence-electron chi connectivity index (χ3n) is 2.76. The number of rotatable bonds is 2. The van der Waals surface area contributed by atoms with Gasteiger partial charge < -0.3 is 4.90 Å². The maximum absolute atomic E-state index is 13.2. The van der Waals surface area contributed by atoms with E-state index in [1.807, 2.05) is 6.92 Å². The van der Waals surface area contributed by atoms with E-state index in [1.165, 1.54) is 12.1 Å². The Morgan fingerprint density at radius 3 is 2.78 bits per heavy atom. The van der Waals surface area contributed by atoms with E-state index in [0.29, 0.717) is 17.1 Å². The maximum Gasteiger partial charge on any atom is 0.150 e. The fourth-order valence-corrected chi connectivity index (χ4v) is 1.74. The topological polar surface area (TPSA) is 39.9 Å². The summed E-state index contributed by atoms with van der Waals surface area (Å²) in [5.41, 5.74) is 2.01. The first-order valence-electron chi connectivity index (χ1n) is 5.48. The molecule has 18 heavy (non-hydrogen) atoms. The van der Waals surface area contributed by atoms with E-state index in [1.54, 1.807) is 36.3 Å². The summed E-state index contributed by atoms with van der Waals surface area (Å²) in [6.45, 7) is 1.85. The van der Waals surface area contributed by atoms with E-state index in [-0.39, 0.29) is 5.82 Å². The maximum atomic E-state index is 13.2. The monoisotopic (exact) mass is 241 g/mol. The summed E-state index contributed by atoms with van der Waals surface area (Å²) in [5, 5.41) is 9.16. The first-order valence-corrected chi connectivity index (χ1v) is 5.48. The first-order chi connectivity index (χ1) is 8.63. The van der Waals surface area contributed by atoms with E-state index in [4.69, 9.17) is 5.26 Å². The molecule has 4 heteroatoms. The number of halogens is 1. The van der Waals surface area contributed by atoms with Gasteiger partial charge >= 0.3 is 0 Å². The summed E-state index contributed by atoms with van der Waals surface area (Å²) in [6, 6.07) is 10.1. The van der Waals surface area contributed by atoms with Crippen molar-refractivity contribution in [2.45, 2.75) is 6.92 Å². The number of pyridine rings is 1. The van der Waals surface area contributed by atoms with E-state index in [0.717, 1.165) is 5.56 Å². The second-order valence-corrected chi connectivity index (χ2v) is 3.98.